The van der Waals surface area contributed by atoms with Crippen LogP contribution in [0.25, 0.3) is 0 Å². The predicted octanol–water partition coefficient (Wildman–Crippen LogP) is 3.49. The first-order valence-corrected chi connectivity index (χ1v) is 6.53. The maximum absolute atomic E-state index is 11.2. The van der Waals surface area contributed by atoms with Crippen molar-refractivity contribution < 1.29 is 14.3 Å². The Morgan fingerprint density at radius 3 is 2.43 bits per heavy atom. The van der Waals surface area contributed by atoms with E-state index < -0.39 is 6.09 Å². The minimum atomic E-state index is -0.484. The number of carbonyl (C=O) groups is 1. The van der Waals surface area contributed by atoms with Gasteiger partial charge in [-0.25, -0.2) is 4.79 Å². The van der Waals surface area contributed by atoms with Crippen molar-refractivity contribution in [2.75, 3.05) is 24.9 Å². The molecule has 0 saturated heterocycles. The molecule has 5 heteroatoms. The SMILES string of the molecule is COC(=O)Nc1cccc(NCc2ccc(OC)cc2)c1. The molecule has 2 aromatic carbocycles. The Labute approximate surface area is 123 Å². The Kier molecular flexibility index (Phi) is 5.04. The van der Waals surface area contributed by atoms with Crippen molar-refractivity contribution in [3.63, 3.8) is 0 Å². The van der Waals surface area contributed by atoms with Gasteiger partial charge in [0.1, 0.15) is 5.75 Å². The zero-order valence-electron chi connectivity index (χ0n) is 12.1. The molecule has 0 unspecified atom stereocenters. The molecule has 0 atom stereocenters. The molecule has 110 valence electrons. The van der Waals surface area contributed by atoms with E-state index in [1.807, 2.05) is 42.5 Å². The van der Waals surface area contributed by atoms with Crippen molar-refractivity contribution in [3.05, 3.63) is 54.1 Å². The fourth-order valence-corrected chi connectivity index (χ4v) is 1.82. The van der Waals surface area contributed by atoms with Crippen LogP contribution in [0.4, 0.5) is 16.2 Å². The zero-order valence-corrected chi connectivity index (χ0v) is 12.1. The molecular formula is C16H18N2O3. The smallest absolute Gasteiger partial charge is 0.411 e. The zero-order chi connectivity index (χ0) is 15.1. The number of nitrogens with one attached hydrogen (secondary N) is 2. The van der Waals surface area contributed by atoms with Crippen LogP contribution in [-0.4, -0.2) is 20.3 Å². The number of benzene rings is 2. The third-order valence-electron chi connectivity index (χ3n) is 2.95. The van der Waals surface area contributed by atoms with Crippen molar-refractivity contribution in [1.82, 2.24) is 0 Å². The molecule has 0 aliphatic heterocycles. The Balaban J connectivity index is 1.96. The second-order valence-electron chi connectivity index (χ2n) is 4.40. The van der Waals surface area contributed by atoms with E-state index in [4.69, 9.17) is 4.74 Å². The van der Waals surface area contributed by atoms with Crippen LogP contribution in [0.2, 0.25) is 0 Å². The predicted molar refractivity (Wildman–Crippen MR) is 82.8 cm³/mol. The molecule has 1 amide bonds. The summed E-state index contributed by atoms with van der Waals surface area (Å²) in [6.45, 7) is 0.686. The summed E-state index contributed by atoms with van der Waals surface area (Å²) >= 11 is 0. The number of methoxy groups -OCH3 is 2. The number of hydrogen-bond donors (Lipinski definition) is 2. The standard InChI is InChI=1S/C16H18N2O3/c1-20-15-8-6-12(7-9-15)11-17-13-4-3-5-14(10-13)18-16(19)21-2/h3-10,17H,11H2,1-2H3,(H,18,19). The van der Waals surface area contributed by atoms with Crippen molar-refractivity contribution in [2.45, 2.75) is 6.54 Å². The minimum absolute atomic E-state index is 0.484. The summed E-state index contributed by atoms with van der Waals surface area (Å²) in [7, 11) is 2.98. The van der Waals surface area contributed by atoms with Gasteiger partial charge >= 0.3 is 6.09 Å². The number of anilines is 2. The average molecular weight is 286 g/mol. The summed E-state index contributed by atoms with van der Waals surface area (Å²) in [5, 5.41) is 5.92. The summed E-state index contributed by atoms with van der Waals surface area (Å²) in [6, 6.07) is 15.3. The summed E-state index contributed by atoms with van der Waals surface area (Å²) in [4.78, 5) is 11.2. The second kappa shape index (κ2) is 7.19. The lowest BCUT2D eigenvalue weighted by molar-refractivity contribution is 0.187. The van der Waals surface area contributed by atoms with Crippen LogP contribution in [-0.2, 0) is 11.3 Å². The minimum Gasteiger partial charge on any atom is -0.497 e. The van der Waals surface area contributed by atoms with Gasteiger partial charge < -0.3 is 14.8 Å². The molecule has 0 spiro atoms. The summed E-state index contributed by atoms with van der Waals surface area (Å²) in [5.41, 5.74) is 2.74. The first-order chi connectivity index (χ1) is 10.2. The number of amides is 1. The van der Waals surface area contributed by atoms with Crippen molar-refractivity contribution in [2.24, 2.45) is 0 Å². The normalized spacial score (nSPS) is 9.81. The van der Waals surface area contributed by atoms with Crippen LogP contribution in [0.3, 0.4) is 0 Å². The largest absolute Gasteiger partial charge is 0.497 e. The Morgan fingerprint density at radius 2 is 1.76 bits per heavy atom. The van der Waals surface area contributed by atoms with Gasteiger partial charge in [0.15, 0.2) is 0 Å². The van der Waals surface area contributed by atoms with Crippen molar-refractivity contribution >= 4 is 17.5 Å². The number of hydrogen-bond acceptors (Lipinski definition) is 4. The van der Waals surface area contributed by atoms with Crippen LogP contribution < -0.4 is 15.4 Å². The van der Waals surface area contributed by atoms with Crippen LogP contribution in [0.1, 0.15) is 5.56 Å². The molecule has 0 aliphatic rings. The maximum Gasteiger partial charge on any atom is 0.411 e. The van der Waals surface area contributed by atoms with E-state index in [9.17, 15) is 4.79 Å². The lowest BCUT2D eigenvalue weighted by atomic mass is 10.2. The van der Waals surface area contributed by atoms with E-state index in [1.165, 1.54) is 7.11 Å². The van der Waals surface area contributed by atoms with Crippen LogP contribution in [0.5, 0.6) is 5.75 Å². The highest BCUT2D eigenvalue weighted by molar-refractivity contribution is 5.85. The number of rotatable bonds is 5. The van der Waals surface area contributed by atoms with Crippen LogP contribution >= 0.6 is 0 Å². The molecule has 0 heterocycles. The van der Waals surface area contributed by atoms with E-state index in [0.717, 1.165) is 17.0 Å². The van der Waals surface area contributed by atoms with E-state index in [-0.39, 0.29) is 0 Å². The van der Waals surface area contributed by atoms with Gasteiger partial charge in [-0.05, 0) is 35.9 Å². The van der Waals surface area contributed by atoms with Crippen molar-refractivity contribution in [3.8, 4) is 5.75 Å². The lowest BCUT2D eigenvalue weighted by Gasteiger charge is -2.09. The van der Waals surface area contributed by atoms with Gasteiger partial charge in [-0.3, -0.25) is 5.32 Å². The van der Waals surface area contributed by atoms with Gasteiger partial charge in [0, 0.05) is 17.9 Å². The Bertz CT molecular complexity index is 597. The first-order valence-electron chi connectivity index (χ1n) is 6.53. The molecule has 0 aliphatic carbocycles. The molecule has 0 fully saturated rings. The van der Waals surface area contributed by atoms with Gasteiger partial charge in [0.2, 0.25) is 0 Å². The molecule has 0 saturated carbocycles. The quantitative estimate of drug-likeness (QED) is 0.883. The molecule has 2 aromatic rings. The van der Waals surface area contributed by atoms with E-state index in [1.54, 1.807) is 13.2 Å². The molecule has 2 rings (SSSR count). The number of ether oxygens (including phenoxy) is 2. The van der Waals surface area contributed by atoms with Gasteiger partial charge in [-0.1, -0.05) is 18.2 Å². The molecule has 2 N–H and O–H groups in total. The van der Waals surface area contributed by atoms with Crippen LogP contribution in [0.15, 0.2) is 48.5 Å². The third-order valence-corrected chi connectivity index (χ3v) is 2.95. The summed E-state index contributed by atoms with van der Waals surface area (Å²) < 4.78 is 9.69. The average Bonchev–Trinajstić information content (AvgIpc) is 2.53. The highest BCUT2D eigenvalue weighted by Gasteiger charge is 2.01. The molecule has 21 heavy (non-hydrogen) atoms. The first kappa shape index (κ1) is 14.7. The Morgan fingerprint density at radius 1 is 1.05 bits per heavy atom. The summed E-state index contributed by atoms with van der Waals surface area (Å²) in [6.07, 6.45) is -0.484. The van der Waals surface area contributed by atoms with E-state index >= 15 is 0 Å². The third kappa shape index (κ3) is 4.42. The molecule has 0 bridgehead atoms. The molecular weight excluding hydrogens is 268 g/mol. The maximum atomic E-state index is 11.2. The summed E-state index contributed by atoms with van der Waals surface area (Å²) in [5.74, 6) is 0.836. The Hall–Kier alpha value is -2.69. The van der Waals surface area contributed by atoms with Gasteiger partial charge in [-0.2, -0.15) is 0 Å². The molecule has 5 nitrogen and oxygen atoms in total. The lowest BCUT2D eigenvalue weighted by Crippen LogP contribution is -2.11. The monoisotopic (exact) mass is 286 g/mol. The van der Waals surface area contributed by atoms with Gasteiger partial charge in [0.05, 0.1) is 14.2 Å². The molecule has 0 aromatic heterocycles. The number of carbonyl (C=O) groups excluding carboxylic acids is 1. The van der Waals surface area contributed by atoms with Gasteiger partial charge in [-0.15, -0.1) is 0 Å². The fourth-order valence-electron chi connectivity index (χ4n) is 1.82. The van der Waals surface area contributed by atoms with E-state index in [0.29, 0.717) is 12.2 Å². The fraction of sp³-hybridized carbons (Fsp3) is 0.188. The highest BCUT2D eigenvalue weighted by Crippen LogP contribution is 2.17. The van der Waals surface area contributed by atoms with Gasteiger partial charge in [0.25, 0.3) is 0 Å². The topological polar surface area (TPSA) is 59.6 Å². The van der Waals surface area contributed by atoms with Crippen molar-refractivity contribution in [1.29, 1.82) is 0 Å². The highest BCUT2D eigenvalue weighted by atomic mass is 16.5. The molecule has 0 radical (unpaired) electrons. The second-order valence-corrected chi connectivity index (χ2v) is 4.40. The van der Waals surface area contributed by atoms with Crippen LogP contribution in [0, 0.1) is 0 Å². The van der Waals surface area contributed by atoms with E-state index in [2.05, 4.69) is 15.4 Å².